The van der Waals surface area contributed by atoms with Gasteiger partial charge in [0, 0.05) is 0 Å². The molecule has 2 rings (SSSR count). The molecule has 0 saturated heterocycles. The van der Waals surface area contributed by atoms with Gasteiger partial charge in [0.05, 0.1) is 10.9 Å². The number of ether oxygens (including phenoxy) is 1. The molecule has 76 valence electrons. The van der Waals surface area contributed by atoms with Crippen molar-refractivity contribution in [2.45, 2.75) is 13.8 Å². The lowest BCUT2D eigenvalue weighted by Gasteiger charge is -2.04. The number of rotatable bonds is 2. The van der Waals surface area contributed by atoms with Crippen LogP contribution in [-0.2, 0) is 4.79 Å². The van der Waals surface area contributed by atoms with Crippen molar-refractivity contribution in [3.63, 3.8) is 0 Å². The number of hydrogen-bond acceptors (Lipinski definition) is 4. The fraction of sp³-hybridized carbons (Fsp3) is 0.182. The van der Waals surface area contributed by atoms with E-state index >= 15 is 0 Å². The van der Waals surface area contributed by atoms with Crippen LogP contribution >= 0.6 is 0 Å². The maximum Gasteiger partial charge on any atom is 0.299 e. The minimum absolute atomic E-state index is 0.316. The average Bonchev–Trinajstić information content (AvgIpc) is 2.19. The number of fused-ring (bicyclic) bond motifs is 1. The van der Waals surface area contributed by atoms with Crippen LogP contribution in [0, 0.1) is 13.8 Å². The molecule has 0 atom stereocenters. The molecule has 0 amide bonds. The summed E-state index contributed by atoms with van der Waals surface area (Å²) in [4.78, 5) is 18.7. The normalized spacial score (nSPS) is 10.3. The van der Waals surface area contributed by atoms with Crippen molar-refractivity contribution in [2.24, 2.45) is 0 Å². The molecule has 0 spiro atoms. The summed E-state index contributed by atoms with van der Waals surface area (Å²) in [6, 6.07) is 5.74. The monoisotopic (exact) mass is 202 g/mol. The van der Waals surface area contributed by atoms with Gasteiger partial charge in [0.15, 0.2) is 0 Å². The van der Waals surface area contributed by atoms with Gasteiger partial charge < -0.3 is 4.74 Å². The van der Waals surface area contributed by atoms with Gasteiger partial charge in [-0.1, -0.05) is 11.6 Å². The Balaban J connectivity index is 2.75. The number of carbonyl (C=O) groups is 1. The minimum atomic E-state index is 0.316. The first kappa shape index (κ1) is 9.58. The van der Waals surface area contributed by atoms with Crippen LogP contribution in [-0.4, -0.2) is 16.4 Å². The van der Waals surface area contributed by atoms with E-state index in [1.54, 1.807) is 6.92 Å². The summed E-state index contributed by atoms with van der Waals surface area (Å²) in [5.74, 6) is 0.902. The zero-order chi connectivity index (χ0) is 10.8. The first-order valence-corrected chi connectivity index (χ1v) is 4.56. The molecule has 0 N–H and O–H groups in total. The number of hydrogen-bond donors (Lipinski definition) is 0. The Morgan fingerprint density at radius 1 is 1.27 bits per heavy atom. The van der Waals surface area contributed by atoms with Crippen molar-refractivity contribution in [2.75, 3.05) is 0 Å². The van der Waals surface area contributed by atoms with Crippen LogP contribution in [0.5, 0.6) is 5.88 Å². The van der Waals surface area contributed by atoms with Gasteiger partial charge in [0.2, 0.25) is 5.88 Å². The van der Waals surface area contributed by atoms with E-state index in [-0.39, 0.29) is 0 Å². The standard InChI is InChI=1S/C11H10N2O2/c1-7-3-4-10-9(5-7)11(15-6-14)13-8(2)12-10/h3-6H,1-2H3. The Hall–Kier alpha value is -1.97. The maximum atomic E-state index is 10.3. The summed E-state index contributed by atoms with van der Waals surface area (Å²) in [5, 5.41) is 0.757. The van der Waals surface area contributed by atoms with Gasteiger partial charge in [0.1, 0.15) is 5.82 Å². The van der Waals surface area contributed by atoms with Crippen LogP contribution in [0.4, 0.5) is 0 Å². The highest BCUT2D eigenvalue weighted by Crippen LogP contribution is 2.22. The molecular weight excluding hydrogens is 192 g/mol. The predicted octanol–water partition coefficient (Wildman–Crippen LogP) is 1.78. The fourth-order valence-electron chi connectivity index (χ4n) is 1.46. The summed E-state index contributed by atoms with van der Waals surface area (Å²) >= 11 is 0. The molecule has 0 fully saturated rings. The maximum absolute atomic E-state index is 10.3. The molecule has 0 saturated carbocycles. The minimum Gasteiger partial charge on any atom is -0.409 e. The molecule has 4 heteroatoms. The van der Waals surface area contributed by atoms with Crippen molar-refractivity contribution in [1.82, 2.24) is 9.97 Å². The lowest BCUT2D eigenvalue weighted by molar-refractivity contribution is -0.120. The molecule has 1 heterocycles. The third-order valence-electron chi connectivity index (χ3n) is 2.09. The summed E-state index contributed by atoms with van der Waals surface area (Å²) in [7, 11) is 0. The highest BCUT2D eigenvalue weighted by atomic mass is 16.5. The Kier molecular flexibility index (Phi) is 2.33. The lowest BCUT2D eigenvalue weighted by Crippen LogP contribution is -1.97. The lowest BCUT2D eigenvalue weighted by atomic mass is 10.1. The first-order chi connectivity index (χ1) is 7.20. The van der Waals surface area contributed by atoms with E-state index in [1.807, 2.05) is 25.1 Å². The zero-order valence-corrected chi connectivity index (χ0v) is 8.52. The van der Waals surface area contributed by atoms with Crippen LogP contribution < -0.4 is 4.74 Å². The van der Waals surface area contributed by atoms with Gasteiger partial charge in [-0.3, -0.25) is 4.79 Å². The van der Waals surface area contributed by atoms with E-state index in [0.29, 0.717) is 18.2 Å². The third-order valence-corrected chi connectivity index (χ3v) is 2.09. The van der Waals surface area contributed by atoms with Crippen LogP contribution in [0.2, 0.25) is 0 Å². The van der Waals surface area contributed by atoms with E-state index in [4.69, 9.17) is 4.74 Å². The van der Waals surface area contributed by atoms with Gasteiger partial charge in [-0.15, -0.1) is 0 Å². The molecule has 1 aromatic heterocycles. The smallest absolute Gasteiger partial charge is 0.299 e. The van der Waals surface area contributed by atoms with E-state index in [9.17, 15) is 4.79 Å². The van der Waals surface area contributed by atoms with Gasteiger partial charge in [-0.25, -0.2) is 4.98 Å². The highest BCUT2D eigenvalue weighted by molar-refractivity contribution is 5.84. The van der Waals surface area contributed by atoms with Gasteiger partial charge in [-0.05, 0) is 26.0 Å². The van der Waals surface area contributed by atoms with Crippen molar-refractivity contribution >= 4 is 17.4 Å². The van der Waals surface area contributed by atoms with E-state index in [2.05, 4.69) is 9.97 Å². The fourth-order valence-corrected chi connectivity index (χ4v) is 1.46. The summed E-state index contributed by atoms with van der Waals surface area (Å²) < 4.78 is 4.82. The molecule has 0 radical (unpaired) electrons. The van der Waals surface area contributed by atoms with E-state index in [0.717, 1.165) is 16.5 Å². The molecule has 0 aliphatic rings. The third kappa shape index (κ3) is 1.79. The molecule has 2 aromatic rings. The average molecular weight is 202 g/mol. The molecule has 0 aliphatic heterocycles. The zero-order valence-electron chi connectivity index (χ0n) is 8.52. The van der Waals surface area contributed by atoms with Gasteiger partial charge >= 0.3 is 0 Å². The van der Waals surface area contributed by atoms with Crippen LogP contribution in [0.1, 0.15) is 11.4 Å². The summed E-state index contributed by atoms with van der Waals surface area (Å²) in [5.41, 5.74) is 1.86. The molecule has 15 heavy (non-hydrogen) atoms. The van der Waals surface area contributed by atoms with Crippen LogP contribution in [0.3, 0.4) is 0 Å². The second kappa shape index (κ2) is 3.65. The molecule has 1 aromatic carbocycles. The second-order valence-electron chi connectivity index (χ2n) is 3.31. The van der Waals surface area contributed by atoms with Crippen molar-refractivity contribution < 1.29 is 9.53 Å². The molecule has 0 bridgehead atoms. The summed E-state index contributed by atoms with van der Waals surface area (Å²) in [6.07, 6.45) is 0. The number of aromatic nitrogens is 2. The van der Waals surface area contributed by atoms with Gasteiger partial charge in [0.25, 0.3) is 6.47 Å². The Morgan fingerprint density at radius 2 is 2.07 bits per heavy atom. The molecule has 0 aliphatic carbocycles. The Labute approximate surface area is 86.9 Å². The quantitative estimate of drug-likeness (QED) is 0.696. The second-order valence-corrected chi connectivity index (χ2v) is 3.31. The number of nitrogens with zero attached hydrogens (tertiary/aromatic N) is 2. The molecule has 4 nitrogen and oxygen atoms in total. The highest BCUT2D eigenvalue weighted by Gasteiger charge is 2.06. The van der Waals surface area contributed by atoms with E-state index < -0.39 is 0 Å². The topological polar surface area (TPSA) is 52.1 Å². The van der Waals surface area contributed by atoms with E-state index in [1.165, 1.54) is 0 Å². The Bertz CT molecular complexity index is 523. The van der Waals surface area contributed by atoms with Crippen molar-refractivity contribution in [3.8, 4) is 5.88 Å². The van der Waals surface area contributed by atoms with Crippen LogP contribution in [0.15, 0.2) is 18.2 Å². The predicted molar refractivity (Wildman–Crippen MR) is 55.7 cm³/mol. The molecular formula is C11H10N2O2. The van der Waals surface area contributed by atoms with Gasteiger partial charge in [-0.2, -0.15) is 4.98 Å². The largest absolute Gasteiger partial charge is 0.409 e. The van der Waals surface area contributed by atoms with Crippen LogP contribution in [0.25, 0.3) is 10.9 Å². The Morgan fingerprint density at radius 3 is 2.80 bits per heavy atom. The summed E-state index contributed by atoms with van der Waals surface area (Å²) in [6.45, 7) is 4.10. The SMILES string of the molecule is Cc1ccc2nc(C)nc(OC=O)c2c1. The first-order valence-electron chi connectivity index (χ1n) is 4.56. The molecule has 0 unspecified atom stereocenters. The van der Waals surface area contributed by atoms with Crippen molar-refractivity contribution in [3.05, 3.63) is 29.6 Å². The number of benzene rings is 1. The van der Waals surface area contributed by atoms with Crippen molar-refractivity contribution in [1.29, 1.82) is 0 Å². The number of aryl methyl sites for hydroxylation is 2. The number of carbonyl (C=O) groups excluding carboxylic acids is 1.